The molecule has 128 valence electrons. The molecule has 1 aromatic heterocycles. The van der Waals surface area contributed by atoms with Gasteiger partial charge >= 0.3 is 0 Å². The number of nitrogens with one attached hydrogen (secondary N) is 1. The summed E-state index contributed by atoms with van der Waals surface area (Å²) in [5.41, 5.74) is 6.77. The third-order valence-electron chi connectivity index (χ3n) is 5.00. The van der Waals surface area contributed by atoms with E-state index in [0.29, 0.717) is 31.8 Å². The van der Waals surface area contributed by atoms with E-state index in [0.717, 1.165) is 18.4 Å². The Morgan fingerprint density at radius 1 is 1.30 bits per heavy atom. The first-order valence-electron chi connectivity index (χ1n) is 7.95. The highest BCUT2D eigenvalue weighted by molar-refractivity contribution is 5.85. The lowest BCUT2D eigenvalue weighted by molar-refractivity contribution is -0.136. The Kier molecular flexibility index (Phi) is 5.84. The number of nitrogens with zero attached hydrogens (tertiary/aromatic N) is 1. The first kappa shape index (κ1) is 18.0. The average molecular weight is 342 g/mol. The molecule has 23 heavy (non-hydrogen) atoms. The number of rotatable bonds is 2. The normalized spacial score (nSPS) is 28.4. The highest BCUT2D eigenvalue weighted by Crippen LogP contribution is 2.31. The van der Waals surface area contributed by atoms with Crippen molar-refractivity contribution < 1.29 is 9.90 Å². The van der Waals surface area contributed by atoms with Gasteiger partial charge in [-0.05, 0) is 43.2 Å². The lowest BCUT2D eigenvalue weighted by Crippen LogP contribution is -2.41. The summed E-state index contributed by atoms with van der Waals surface area (Å²) in [4.78, 5) is 28.4. The zero-order valence-electron chi connectivity index (χ0n) is 13.0. The molecule has 2 aliphatic rings. The molecule has 1 saturated carbocycles. The first-order valence-corrected chi connectivity index (χ1v) is 7.95. The number of amides is 1. The molecular formula is C16H24ClN3O3. The van der Waals surface area contributed by atoms with E-state index in [4.69, 9.17) is 5.73 Å². The van der Waals surface area contributed by atoms with Crippen LogP contribution in [-0.4, -0.2) is 46.1 Å². The van der Waals surface area contributed by atoms with Crippen LogP contribution in [0.2, 0.25) is 0 Å². The van der Waals surface area contributed by atoms with E-state index in [9.17, 15) is 14.7 Å². The zero-order chi connectivity index (χ0) is 15.7. The molecule has 2 heterocycles. The molecule has 0 bridgehead atoms. The fraction of sp³-hybridized carbons (Fsp3) is 0.625. The van der Waals surface area contributed by atoms with Crippen LogP contribution in [0, 0.1) is 5.92 Å². The number of H-pyrrole nitrogens is 1. The maximum absolute atomic E-state index is 12.5. The molecular weight excluding hydrogens is 318 g/mol. The molecule has 0 radical (unpaired) electrons. The Morgan fingerprint density at radius 3 is 2.57 bits per heavy atom. The molecule has 0 unspecified atom stereocenters. The molecule has 1 amide bonds. The van der Waals surface area contributed by atoms with Gasteiger partial charge in [0.25, 0.3) is 0 Å². The van der Waals surface area contributed by atoms with Crippen molar-refractivity contribution in [1.82, 2.24) is 9.88 Å². The fourth-order valence-corrected chi connectivity index (χ4v) is 3.66. The SMILES string of the molecule is Cl.N[C@@H]1C[C@H](C(=O)N2CCC(c3cc[nH]c(=O)c3)CC2)C[C@H]1O. The minimum Gasteiger partial charge on any atom is -0.391 e. The van der Waals surface area contributed by atoms with Crippen LogP contribution in [0.3, 0.4) is 0 Å². The Hall–Kier alpha value is -1.37. The second-order valence-electron chi connectivity index (χ2n) is 6.49. The number of hydrogen-bond acceptors (Lipinski definition) is 4. The van der Waals surface area contributed by atoms with Gasteiger partial charge in [-0.25, -0.2) is 0 Å². The van der Waals surface area contributed by atoms with Gasteiger partial charge in [-0.1, -0.05) is 0 Å². The summed E-state index contributed by atoms with van der Waals surface area (Å²) in [7, 11) is 0. The van der Waals surface area contributed by atoms with Crippen molar-refractivity contribution in [3.8, 4) is 0 Å². The number of nitrogens with two attached hydrogens (primary N) is 1. The Balaban J connectivity index is 0.00000192. The lowest BCUT2D eigenvalue weighted by atomic mass is 9.89. The Bertz CT molecular complexity index is 588. The standard InChI is InChI=1S/C16H23N3O3.ClH/c17-13-7-12(8-14(13)20)16(22)19-5-2-10(3-6-19)11-1-4-18-15(21)9-11;/h1,4,9-10,12-14,20H,2-3,5-8,17H2,(H,18,21);1H/t12-,13+,14+;/m0./s1. The number of carbonyl (C=O) groups is 1. The van der Waals surface area contributed by atoms with Crippen LogP contribution in [0.25, 0.3) is 0 Å². The van der Waals surface area contributed by atoms with Gasteiger partial charge in [0, 0.05) is 37.3 Å². The molecule has 3 rings (SSSR count). The number of pyridine rings is 1. The summed E-state index contributed by atoms with van der Waals surface area (Å²) < 4.78 is 0. The number of piperidine rings is 1. The number of aromatic amines is 1. The topological polar surface area (TPSA) is 99.4 Å². The van der Waals surface area contributed by atoms with E-state index in [1.54, 1.807) is 12.3 Å². The number of aromatic nitrogens is 1. The van der Waals surface area contributed by atoms with E-state index < -0.39 is 6.10 Å². The largest absolute Gasteiger partial charge is 0.391 e. The molecule has 1 aromatic rings. The van der Waals surface area contributed by atoms with Crippen molar-refractivity contribution in [3.05, 3.63) is 34.2 Å². The quantitative estimate of drug-likeness (QED) is 0.733. The molecule has 1 saturated heterocycles. The smallest absolute Gasteiger partial charge is 0.248 e. The van der Waals surface area contributed by atoms with Crippen molar-refractivity contribution in [2.24, 2.45) is 11.7 Å². The van der Waals surface area contributed by atoms with Crippen molar-refractivity contribution in [2.75, 3.05) is 13.1 Å². The van der Waals surface area contributed by atoms with Crippen LogP contribution in [0.4, 0.5) is 0 Å². The molecule has 0 aromatic carbocycles. The van der Waals surface area contributed by atoms with E-state index >= 15 is 0 Å². The van der Waals surface area contributed by atoms with E-state index in [-0.39, 0.29) is 35.8 Å². The lowest BCUT2D eigenvalue weighted by Gasteiger charge is -2.33. The number of aliphatic hydroxyl groups excluding tert-OH is 1. The summed E-state index contributed by atoms with van der Waals surface area (Å²) in [6.07, 6.45) is 3.92. The van der Waals surface area contributed by atoms with Gasteiger partial charge in [0.15, 0.2) is 0 Å². The predicted molar refractivity (Wildman–Crippen MR) is 89.6 cm³/mol. The number of aliphatic hydroxyl groups is 1. The minimum atomic E-state index is -0.553. The first-order chi connectivity index (χ1) is 10.5. The molecule has 0 spiro atoms. The zero-order valence-corrected chi connectivity index (χ0v) is 13.8. The van der Waals surface area contributed by atoms with Gasteiger partial charge in [0.2, 0.25) is 11.5 Å². The molecule has 4 N–H and O–H groups in total. The Labute approximate surface area is 141 Å². The number of likely N-dealkylation sites (tertiary alicyclic amines) is 1. The summed E-state index contributed by atoms with van der Waals surface area (Å²) in [6.45, 7) is 1.41. The van der Waals surface area contributed by atoms with Crippen LogP contribution >= 0.6 is 12.4 Å². The van der Waals surface area contributed by atoms with Crippen molar-refractivity contribution in [3.63, 3.8) is 0 Å². The van der Waals surface area contributed by atoms with Gasteiger partial charge in [-0.2, -0.15) is 0 Å². The minimum absolute atomic E-state index is 0. The van der Waals surface area contributed by atoms with Crippen molar-refractivity contribution >= 4 is 18.3 Å². The molecule has 1 aliphatic heterocycles. The van der Waals surface area contributed by atoms with Gasteiger partial charge < -0.3 is 20.7 Å². The number of carbonyl (C=O) groups excluding carboxylic acids is 1. The van der Waals surface area contributed by atoms with E-state index in [2.05, 4.69) is 4.98 Å². The van der Waals surface area contributed by atoms with E-state index in [1.807, 2.05) is 11.0 Å². The number of halogens is 1. The summed E-state index contributed by atoms with van der Waals surface area (Å²) in [5.74, 6) is 0.320. The maximum Gasteiger partial charge on any atom is 0.248 e. The summed E-state index contributed by atoms with van der Waals surface area (Å²) in [6, 6.07) is 3.31. The molecule has 6 nitrogen and oxygen atoms in total. The monoisotopic (exact) mass is 341 g/mol. The van der Waals surface area contributed by atoms with Crippen LogP contribution in [0.15, 0.2) is 23.1 Å². The van der Waals surface area contributed by atoms with Crippen molar-refractivity contribution in [2.45, 2.75) is 43.7 Å². The molecule has 2 fully saturated rings. The highest BCUT2D eigenvalue weighted by Gasteiger charge is 2.37. The second-order valence-corrected chi connectivity index (χ2v) is 6.49. The third-order valence-corrected chi connectivity index (χ3v) is 5.00. The third kappa shape index (κ3) is 3.94. The number of hydrogen-bond donors (Lipinski definition) is 3. The average Bonchev–Trinajstić information content (AvgIpc) is 2.86. The summed E-state index contributed by atoms with van der Waals surface area (Å²) >= 11 is 0. The van der Waals surface area contributed by atoms with Gasteiger partial charge in [0.05, 0.1) is 6.10 Å². The highest BCUT2D eigenvalue weighted by atomic mass is 35.5. The Morgan fingerprint density at radius 2 is 2.00 bits per heavy atom. The molecule has 1 aliphatic carbocycles. The van der Waals surface area contributed by atoms with Crippen LogP contribution in [0.5, 0.6) is 0 Å². The van der Waals surface area contributed by atoms with Crippen molar-refractivity contribution in [1.29, 1.82) is 0 Å². The summed E-state index contributed by atoms with van der Waals surface area (Å²) in [5, 5.41) is 9.70. The van der Waals surface area contributed by atoms with E-state index in [1.165, 1.54) is 0 Å². The van der Waals surface area contributed by atoms with Crippen LogP contribution in [0.1, 0.15) is 37.2 Å². The van der Waals surface area contributed by atoms with Gasteiger partial charge in [-0.3, -0.25) is 9.59 Å². The van der Waals surface area contributed by atoms with Crippen LogP contribution < -0.4 is 11.3 Å². The van der Waals surface area contributed by atoms with Gasteiger partial charge in [-0.15, -0.1) is 12.4 Å². The van der Waals surface area contributed by atoms with Crippen LogP contribution in [-0.2, 0) is 4.79 Å². The fourth-order valence-electron chi connectivity index (χ4n) is 3.66. The maximum atomic E-state index is 12.5. The second kappa shape index (κ2) is 7.47. The predicted octanol–water partition coefficient (Wildman–Crippen LogP) is 0.601. The van der Waals surface area contributed by atoms with Gasteiger partial charge in [0.1, 0.15) is 0 Å². The molecule has 7 heteroatoms. The molecule has 3 atom stereocenters.